The van der Waals surface area contributed by atoms with Gasteiger partial charge in [-0.05, 0) is 30.2 Å². The number of carbonyl (C=O) groups excluding carboxylic acids is 1. The highest BCUT2D eigenvalue weighted by Gasteiger charge is 2.18. The van der Waals surface area contributed by atoms with Gasteiger partial charge in [-0.2, -0.15) is 5.10 Å². The Labute approximate surface area is 159 Å². The van der Waals surface area contributed by atoms with Crippen molar-refractivity contribution in [1.29, 1.82) is 0 Å². The molecule has 0 bridgehead atoms. The highest BCUT2D eigenvalue weighted by Crippen LogP contribution is 2.24. The van der Waals surface area contributed by atoms with Crippen molar-refractivity contribution in [2.45, 2.75) is 13.8 Å². The number of aromatic nitrogens is 3. The van der Waals surface area contributed by atoms with Crippen molar-refractivity contribution in [2.75, 3.05) is 37.6 Å². The number of aldehydes is 1. The van der Waals surface area contributed by atoms with Gasteiger partial charge in [0.05, 0.1) is 11.9 Å². The van der Waals surface area contributed by atoms with E-state index in [-0.39, 0.29) is 0 Å². The second-order valence-electron chi connectivity index (χ2n) is 7.52. The average molecular weight is 363 g/mol. The zero-order valence-electron chi connectivity index (χ0n) is 15.9. The van der Waals surface area contributed by atoms with Gasteiger partial charge < -0.3 is 4.90 Å². The Bertz CT molecular complexity index is 923. The third kappa shape index (κ3) is 3.71. The molecule has 140 valence electrons. The predicted octanol–water partition coefficient (Wildman–Crippen LogP) is 2.99. The lowest BCUT2D eigenvalue weighted by atomic mass is 10.1. The maximum atomic E-state index is 11.0. The van der Waals surface area contributed by atoms with E-state index in [0.29, 0.717) is 5.69 Å². The molecule has 2 aromatic heterocycles. The summed E-state index contributed by atoms with van der Waals surface area (Å²) in [6, 6.07) is 12.0. The van der Waals surface area contributed by atoms with Crippen LogP contribution in [0.4, 0.5) is 5.69 Å². The zero-order chi connectivity index (χ0) is 18.8. The van der Waals surface area contributed by atoms with Gasteiger partial charge in [0.1, 0.15) is 5.69 Å². The van der Waals surface area contributed by atoms with Gasteiger partial charge in [0.2, 0.25) is 0 Å². The number of hydrogen-bond acceptors (Lipinski definition) is 5. The van der Waals surface area contributed by atoms with Crippen LogP contribution in [0.1, 0.15) is 24.3 Å². The molecule has 27 heavy (non-hydrogen) atoms. The number of anilines is 1. The Morgan fingerprint density at radius 2 is 1.78 bits per heavy atom. The van der Waals surface area contributed by atoms with Crippen LogP contribution >= 0.6 is 0 Å². The number of carbonyl (C=O) groups is 1. The summed E-state index contributed by atoms with van der Waals surface area (Å²) in [4.78, 5) is 20.4. The molecule has 1 aromatic carbocycles. The third-order valence-electron chi connectivity index (χ3n) is 5.03. The number of piperazine rings is 1. The number of benzene rings is 1. The maximum absolute atomic E-state index is 11.0. The van der Waals surface area contributed by atoms with Crippen molar-refractivity contribution >= 4 is 17.6 Å². The lowest BCUT2D eigenvalue weighted by molar-refractivity contribution is 0.111. The van der Waals surface area contributed by atoms with Crippen molar-refractivity contribution in [3.63, 3.8) is 0 Å². The normalized spacial score (nSPS) is 15.6. The van der Waals surface area contributed by atoms with Gasteiger partial charge in [0, 0.05) is 44.0 Å². The van der Waals surface area contributed by atoms with Crippen molar-refractivity contribution < 1.29 is 4.79 Å². The van der Waals surface area contributed by atoms with Gasteiger partial charge >= 0.3 is 0 Å². The lowest BCUT2D eigenvalue weighted by Crippen LogP contribution is -2.47. The fourth-order valence-electron chi connectivity index (χ4n) is 3.70. The van der Waals surface area contributed by atoms with Gasteiger partial charge in [0.15, 0.2) is 11.9 Å². The molecule has 4 rings (SSSR count). The minimum atomic E-state index is 0.401. The van der Waals surface area contributed by atoms with Gasteiger partial charge in [-0.25, -0.2) is 9.50 Å². The molecule has 6 heteroatoms. The highest BCUT2D eigenvalue weighted by molar-refractivity contribution is 5.73. The average Bonchev–Trinajstić information content (AvgIpc) is 3.11. The molecule has 0 aliphatic carbocycles. The zero-order valence-corrected chi connectivity index (χ0v) is 15.9. The third-order valence-corrected chi connectivity index (χ3v) is 5.03. The molecule has 6 nitrogen and oxygen atoms in total. The fourth-order valence-corrected chi connectivity index (χ4v) is 3.70. The maximum Gasteiger partial charge on any atom is 0.170 e. The minimum Gasteiger partial charge on any atom is -0.369 e. The van der Waals surface area contributed by atoms with E-state index < -0.39 is 0 Å². The summed E-state index contributed by atoms with van der Waals surface area (Å²) in [6.07, 6.45) is 2.56. The molecule has 0 saturated carbocycles. The van der Waals surface area contributed by atoms with Crippen LogP contribution in [0.5, 0.6) is 0 Å². The van der Waals surface area contributed by atoms with E-state index in [9.17, 15) is 4.79 Å². The highest BCUT2D eigenvalue weighted by atomic mass is 16.1. The molecule has 1 fully saturated rings. The van der Waals surface area contributed by atoms with Crippen LogP contribution in [0.25, 0.3) is 16.9 Å². The van der Waals surface area contributed by atoms with Crippen LogP contribution in [-0.2, 0) is 0 Å². The molecule has 0 atom stereocenters. The van der Waals surface area contributed by atoms with Crippen LogP contribution in [0, 0.1) is 5.92 Å². The van der Waals surface area contributed by atoms with Gasteiger partial charge in [-0.3, -0.25) is 9.69 Å². The van der Waals surface area contributed by atoms with E-state index >= 15 is 0 Å². The van der Waals surface area contributed by atoms with E-state index in [4.69, 9.17) is 0 Å². The van der Waals surface area contributed by atoms with Crippen molar-refractivity contribution in [3.8, 4) is 11.3 Å². The van der Waals surface area contributed by atoms with Crippen LogP contribution in [0.2, 0.25) is 0 Å². The van der Waals surface area contributed by atoms with Crippen molar-refractivity contribution in [3.05, 3.63) is 48.3 Å². The standard InChI is InChI=1S/C21H25N5O/c1-16(2)14-24-9-11-25(12-10-24)19-6-3-17(4-7-19)20-13-22-21-8-5-18(15-27)23-26(20)21/h3-8,13,15-16H,9-12,14H2,1-2H3. The molecule has 0 amide bonds. The number of hydrogen-bond donors (Lipinski definition) is 0. The summed E-state index contributed by atoms with van der Waals surface area (Å²) in [7, 11) is 0. The molecule has 0 unspecified atom stereocenters. The first-order valence-corrected chi connectivity index (χ1v) is 9.52. The minimum absolute atomic E-state index is 0.401. The van der Waals surface area contributed by atoms with Crippen LogP contribution in [0.3, 0.4) is 0 Å². The summed E-state index contributed by atoms with van der Waals surface area (Å²) in [5.74, 6) is 0.717. The Morgan fingerprint density at radius 1 is 1.04 bits per heavy atom. The van der Waals surface area contributed by atoms with Crippen LogP contribution < -0.4 is 4.90 Å². The largest absolute Gasteiger partial charge is 0.369 e. The molecule has 1 saturated heterocycles. The van der Waals surface area contributed by atoms with E-state index in [2.05, 4.69) is 58.0 Å². The molecular weight excluding hydrogens is 338 g/mol. The number of imidazole rings is 1. The smallest absolute Gasteiger partial charge is 0.170 e. The first-order chi connectivity index (χ1) is 13.1. The van der Waals surface area contributed by atoms with Gasteiger partial charge in [0.25, 0.3) is 0 Å². The summed E-state index contributed by atoms with van der Waals surface area (Å²) in [5, 5.41) is 4.34. The molecule has 0 radical (unpaired) electrons. The summed E-state index contributed by atoms with van der Waals surface area (Å²) in [5.41, 5.74) is 4.32. The Kier molecular flexibility index (Phi) is 4.90. The topological polar surface area (TPSA) is 53.7 Å². The van der Waals surface area contributed by atoms with Crippen LogP contribution in [0.15, 0.2) is 42.6 Å². The SMILES string of the molecule is CC(C)CN1CCN(c2ccc(-c3cnc4ccc(C=O)nn34)cc2)CC1. The first-order valence-electron chi connectivity index (χ1n) is 9.52. The van der Waals surface area contributed by atoms with Gasteiger partial charge in [-0.1, -0.05) is 26.0 Å². The van der Waals surface area contributed by atoms with E-state index in [1.807, 2.05) is 6.07 Å². The number of rotatable bonds is 5. The monoisotopic (exact) mass is 363 g/mol. The molecule has 3 heterocycles. The van der Waals surface area contributed by atoms with Crippen molar-refractivity contribution in [1.82, 2.24) is 19.5 Å². The predicted molar refractivity (Wildman–Crippen MR) is 107 cm³/mol. The quantitative estimate of drug-likeness (QED) is 0.652. The van der Waals surface area contributed by atoms with E-state index in [0.717, 1.165) is 55.3 Å². The van der Waals surface area contributed by atoms with Gasteiger partial charge in [-0.15, -0.1) is 0 Å². The number of nitrogens with zero attached hydrogens (tertiary/aromatic N) is 5. The van der Waals surface area contributed by atoms with Crippen LogP contribution in [-0.4, -0.2) is 58.5 Å². The molecule has 0 spiro atoms. The van der Waals surface area contributed by atoms with E-state index in [1.165, 1.54) is 12.2 Å². The summed E-state index contributed by atoms with van der Waals surface area (Å²) < 4.78 is 1.73. The van der Waals surface area contributed by atoms with E-state index in [1.54, 1.807) is 16.8 Å². The lowest BCUT2D eigenvalue weighted by Gasteiger charge is -2.36. The molecule has 3 aromatic rings. The second-order valence-corrected chi connectivity index (χ2v) is 7.52. The second kappa shape index (κ2) is 7.48. The van der Waals surface area contributed by atoms with Crippen molar-refractivity contribution in [2.24, 2.45) is 5.92 Å². The first kappa shape index (κ1) is 17.7. The summed E-state index contributed by atoms with van der Waals surface area (Å²) in [6.45, 7) is 10.1. The molecule has 0 N–H and O–H groups in total. The molecule has 1 aliphatic heterocycles. The molecular formula is C21H25N5O. The Morgan fingerprint density at radius 3 is 2.44 bits per heavy atom. The number of fused-ring (bicyclic) bond motifs is 1. The Hall–Kier alpha value is -2.73. The summed E-state index contributed by atoms with van der Waals surface area (Å²) >= 11 is 0. The fraction of sp³-hybridized carbons (Fsp3) is 0.381. The molecule has 1 aliphatic rings. The Balaban J connectivity index is 1.51.